The van der Waals surface area contributed by atoms with Crippen LogP contribution >= 0.6 is 0 Å². The van der Waals surface area contributed by atoms with Gasteiger partial charge in [-0.15, -0.1) is 0 Å². The Bertz CT molecular complexity index is 3020. The van der Waals surface area contributed by atoms with E-state index in [0.717, 1.165) is 0 Å². The zero-order valence-electron chi connectivity index (χ0n) is 75.3. The lowest BCUT2D eigenvalue weighted by Crippen LogP contribution is -2.55. The highest BCUT2D eigenvalue weighted by atomic mass is 16.7. The Labute approximate surface area is 701 Å². The van der Waals surface area contributed by atoms with Crippen LogP contribution in [0.4, 0.5) is 0 Å². The lowest BCUT2D eigenvalue weighted by molar-refractivity contribution is -0.563. The molecule has 0 radical (unpaired) electrons. The fourth-order valence-corrected chi connectivity index (χ4v) is 16.1. The summed E-state index contributed by atoms with van der Waals surface area (Å²) in [6.45, 7) is 31.2. The van der Waals surface area contributed by atoms with Gasteiger partial charge in [0.25, 0.3) is 0 Å². The van der Waals surface area contributed by atoms with Crippen molar-refractivity contribution in [2.75, 3.05) is 91.6 Å². The predicted molar refractivity (Wildman–Crippen MR) is 443 cm³/mol. The van der Waals surface area contributed by atoms with E-state index in [0.29, 0.717) is 25.7 Å². The largest absolute Gasteiger partial charge is 0.392 e. The molecular weight excluding hydrogens is 1570 g/mol. The van der Waals surface area contributed by atoms with Crippen LogP contribution in [0.15, 0.2) is 0 Å². The summed E-state index contributed by atoms with van der Waals surface area (Å²) in [7, 11) is 0. The van der Waals surface area contributed by atoms with E-state index in [9.17, 15) is 137 Å². The molecule has 0 aromatic carbocycles. The van der Waals surface area contributed by atoms with Crippen molar-refractivity contribution in [1.29, 1.82) is 0 Å². The molecule has 119 heavy (non-hydrogen) atoms. The minimum atomic E-state index is -1.60. The average Bonchev–Trinajstić information content (AvgIpc) is 1.57. The van der Waals surface area contributed by atoms with Crippen LogP contribution in [-0.4, -0.2) is 356 Å². The first kappa shape index (κ1) is 111. The van der Waals surface area contributed by atoms with Crippen molar-refractivity contribution < 1.29 is 100 Å². The van der Waals surface area contributed by atoms with E-state index in [-0.39, 0.29) is 169 Å². The number of β-amino-alcohol motifs (C(OH)–C–C–N with tert-alkyl or cyclic N) is 7. The Morgan fingerprint density at radius 1 is 0.311 bits per heavy atom. The van der Waals surface area contributed by atoms with Gasteiger partial charge in [0.2, 0.25) is 44.3 Å². The molecule has 0 aromatic rings. The Morgan fingerprint density at radius 2 is 0.513 bits per heavy atom. The summed E-state index contributed by atoms with van der Waals surface area (Å²) in [6, 6.07) is 0. The maximum Gasteiger partial charge on any atom is 0.219 e. The molecule has 13 unspecified atom stereocenters. The highest BCUT2D eigenvalue weighted by Crippen LogP contribution is 2.38. The molecule has 42 heteroatoms. The second-order valence-electron chi connectivity index (χ2n) is 41.1. The van der Waals surface area contributed by atoms with Crippen LogP contribution in [0.25, 0.3) is 0 Å². The molecule has 42 nitrogen and oxygen atoms in total. The topological polar surface area (TPSA) is 596 Å². The van der Waals surface area contributed by atoms with Gasteiger partial charge in [-0.05, 0) is 93.7 Å². The first-order valence-corrected chi connectivity index (χ1v) is 41.4. The van der Waals surface area contributed by atoms with Gasteiger partial charge in [0.15, 0.2) is 0 Å². The number of aliphatic hydroxyl groups excluding tert-OH is 11. The average molecular weight is 1720 g/mol. The molecule has 0 aromatic heterocycles. The molecule has 0 bridgehead atoms. The molecular formula is C77H152N14O28. The number of hydrogen-bond donors (Lipinski definition) is 11. The molecule has 0 saturated carbocycles. The summed E-state index contributed by atoms with van der Waals surface area (Å²) in [6.07, 6.45) is -16.8. The normalized spacial score (nSPS) is 19.2. The van der Waals surface area contributed by atoms with Crippen molar-refractivity contribution >= 4 is 0 Å². The maximum absolute atomic E-state index is 12.4. The van der Waals surface area contributed by atoms with Crippen LogP contribution in [0.1, 0.15) is 262 Å². The highest BCUT2D eigenvalue weighted by molar-refractivity contribution is 4.98. The van der Waals surface area contributed by atoms with Gasteiger partial charge < -0.3 is 60.9 Å². The van der Waals surface area contributed by atoms with Gasteiger partial charge in [-0.25, -0.2) is 0 Å². The predicted octanol–water partition coefficient (Wildman–Crippen LogP) is 4.90. The molecule has 1 aliphatic heterocycles. The molecule has 1 rings (SSSR count). The van der Waals surface area contributed by atoms with Gasteiger partial charge in [-0.2, -0.15) is 0 Å². The minimum absolute atomic E-state index is 0.0277. The molecule has 11 N–H and O–H groups in total. The van der Waals surface area contributed by atoms with Crippen molar-refractivity contribution in [3.8, 4) is 0 Å². The van der Waals surface area contributed by atoms with Crippen LogP contribution in [0.5, 0.6) is 0 Å². The van der Waals surface area contributed by atoms with Crippen molar-refractivity contribution in [2.45, 2.75) is 402 Å². The number of nitro groups is 8. The molecule has 1 fully saturated rings. The molecule has 0 aliphatic carbocycles. The molecule has 0 spiro atoms. The number of aliphatic hydroxyl groups is 11. The van der Waals surface area contributed by atoms with E-state index in [4.69, 9.17) is 4.74 Å². The molecule has 1 aliphatic rings. The summed E-state index contributed by atoms with van der Waals surface area (Å²) in [5.74, 6) is 0. The Kier molecular flexibility index (Phi) is 42.5. The van der Waals surface area contributed by atoms with E-state index in [1.165, 1.54) is 111 Å². The van der Waals surface area contributed by atoms with Gasteiger partial charge in [0.05, 0.1) is 73.2 Å². The first-order chi connectivity index (χ1) is 53.6. The number of ether oxygens (including phenoxy) is 1. The fraction of sp³-hybridized carbons (Fsp3) is 1.00. The number of hydrogen-bond acceptors (Lipinski definition) is 34. The van der Waals surface area contributed by atoms with Crippen LogP contribution in [0, 0.1) is 80.9 Å². The Morgan fingerprint density at radius 3 is 0.731 bits per heavy atom. The van der Waals surface area contributed by atoms with E-state index in [1.807, 2.05) is 0 Å². The lowest BCUT2D eigenvalue weighted by Gasteiger charge is -2.44. The van der Waals surface area contributed by atoms with Crippen molar-refractivity contribution in [1.82, 2.24) is 29.4 Å². The summed E-state index contributed by atoms with van der Waals surface area (Å²) in [4.78, 5) is 102. The summed E-state index contributed by atoms with van der Waals surface area (Å²) >= 11 is 0. The molecule has 0 amide bonds. The van der Waals surface area contributed by atoms with E-state index < -0.39 is 179 Å². The van der Waals surface area contributed by atoms with Crippen LogP contribution in [0.3, 0.4) is 0 Å². The van der Waals surface area contributed by atoms with Crippen molar-refractivity contribution in [2.24, 2.45) is 0 Å². The van der Waals surface area contributed by atoms with Gasteiger partial charge in [-0.1, -0.05) is 12.8 Å². The summed E-state index contributed by atoms with van der Waals surface area (Å²) in [5.41, 5.74) is -17.7. The smallest absolute Gasteiger partial charge is 0.219 e. The van der Waals surface area contributed by atoms with E-state index in [2.05, 4.69) is 0 Å². The van der Waals surface area contributed by atoms with Gasteiger partial charge in [-0.3, -0.25) is 110 Å². The molecule has 13 atom stereocenters. The number of nitrogens with zero attached hydrogens (tertiary/aromatic N) is 14. The van der Waals surface area contributed by atoms with Gasteiger partial charge in [0.1, 0.15) is 5.72 Å². The lowest BCUT2D eigenvalue weighted by atomic mass is 9.89. The molecule has 698 valence electrons. The standard InChI is InChI=1S/C77H152N14O28/c1-66(2,80(46-57(95)33-69(7,8)84(103)104)47-58(96)34-70(9,10)85(105)106)30-54(92)42-78(43-55(93)31-67(3,4)81(48-59(97)35-71(11,12)86(107)108)49-60(98)36-72(13,14)87(109)110)28-26-24-25-27-29-79(44-56(94)32-68(5,6)82(50-61(99)37-73(15,16)88(111)112)51-62(100)38-74(17,18)89(113)114)45-64(102)40-77(23)83(52-63(101)39-75(19,20)90(115)116)53-65(119-77)41-76(21,22)91(117)118/h54-65,92-102H,24-53H2,1-23H3. The van der Waals surface area contributed by atoms with Crippen molar-refractivity contribution in [3.05, 3.63) is 80.9 Å². The zero-order valence-corrected chi connectivity index (χ0v) is 75.3. The van der Waals surface area contributed by atoms with E-state index >= 15 is 0 Å². The second-order valence-corrected chi connectivity index (χ2v) is 41.1. The fourth-order valence-electron chi connectivity index (χ4n) is 16.1. The van der Waals surface area contributed by atoms with Crippen LogP contribution < -0.4 is 0 Å². The third-order valence-electron chi connectivity index (χ3n) is 23.3. The molecule has 1 heterocycles. The highest BCUT2D eigenvalue weighted by Gasteiger charge is 2.51. The SMILES string of the molecule is CC(C)(CC(O)CN(CCCCCCN(CC(O)CC(C)(C)N(CC(O)CC(C)(C)[N+](=O)[O-])CC(O)CC(C)(C)[N+](=O)[O-])CC(O)CC1(C)OC(CC(C)(C)[N+](=O)[O-])CN1CC(O)CC(C)(C)[N+](=O)[O-])CC(O)CC(C)(C)N(CC(O)CC(C)(C)[N+](=O)[O-])CC(O)CC(C)(C)[N+](=O)[O-])N(CC(O)CC(C)(C)[N+](=O)[O-])CC(O)CC(C)(C)[N+](=O)[O-]. The first-order valence-electron chi connectivity index (χ1n) is 41.4. The third kappa shape index (κ3) is 38.6. The van der Waals surface area contributed by atoms with E-state index in [1.54, 1.807) is 77.9 Å². The number of unbranched alkanes of at least 4 members (excludes halogenated alkanes) is 3. The van der Waals surface area contributed by atoms with Crippen LogP contribution in [-0.2, 0) is 4.74 Å². The van der Waals surface area contributed by atoms with Gasteiger partial charge >= 0.3 is 0 Å². The Hall–Kier alpha value is -5.52. The second kappa shape index (κ2) is 45.4. The number of rotatable bonds is 64. The third-order valence-corrected chi connectivity index (χ3v) is 23.3. The van der Waals surface area contributed by atoms with Crippen molar-refractivity contribution in [3.63, 3.8) is 0 Å². The summed E-state index contributed by atoms with van der Waals surface area (Å²) in [5, 5.41) is 226. The summed E-state index contributed by atoms with van der Waals surface area (Å²) < 4.78 is 6.58. The minimum Gasteiger partial charge on any atom is -0.392 e. The molecule has 1 saturated heterocycles. The zero-order chi connectivity index (χ0) is 92.9. The van der Waals surface area contributed by atoms with Crippen LogP contribution in [0.2, 0.25) is 0 Å². The maximum atomic E-state index is 12.4. The Balaban J connectivity index is 4.16. The van der Waals surface area contributed by atoms with Gasteiger partial charge in [0, 0.05) is 303 Å². The monoisotopic (exact) mass is 1720 g/mol. The quantitative estimate of drug-likeness (QED) is 0.0219.